The van der Waals surface area contributed by atoms with E-state index in [1.54, 1.807) is 29.2 Å². The second-order valence-corrected chi connectivity index (χ2v) is 7.88. The van der Waals surface area contributed by atoms with Gasteiger partial charge in [-0.1, -0.05) is 35.9 Å². The van der Waals surface area contributed by atoms with Gasteiger partial charge in [0.2, 0.25) is 5.91 Å². The molecule has 0 fully saturated rings. The van der Waals surface area contributed by atoms with Gasteiger partial charge in [0, 0.05) is 34.9 Å². The molecule has 1 unspecified atom stereocenters. The van der Waals surface area contributed by atoms with Crippen LogP contribution < -0.4 is 15.8 Å². The molecule has 0 saturated carbocycles. The SMILES string of the molecule is CC1Cc2ccccc2N1C(=O)c1ccc(=O)n(CCC(=O)Nc2cccc(Cl)c2)n1. The highest BCUT2D eigenvalue weighted by Gasteiger charge is 2.32. The fraction of sp³-hybridized carbons (Fsp3) is 0.217. The molecule has 1 atom stereocenters. The third-order valence-electron chi connectivity index (χ3n) is 5.17. The molecule has 2 heterocycles. The van der Waals surface area contributed by atoms with Crippen LogP contribution in [0, 0.1) is 0 Å². The van der Waals surface area contributed by atoms with Gasteiger partial charge in [-0.05, 0) is 49.2 Å². The van der Waals surface area contributed by atoms with Gasteiger partial charge in [-0.15, -0.1) is 0 Å². The predicted octanol–water partition coefficient (Wildman–Crippen LogP) is 3.52. The molecule has 2 aromatic carbocycles. The smallest absolute Gasteiger partial charge is 0.278 e. The van der Waals surface area contributed by atoms with Crippen LogP contribution in [0.2, 0.25) is 5.02 Å². The summed E-state index contributed by atoms with van der Waals surface area (Å²) in [6.45, 7) is 2.03. The summed E-state index contributed by atoms with van der Waals surface area (Å²) < 4.78 is 1.15. The van der Waals surface area contributed by atoms with E-state index in [0.717, 1.165) is 22.4 Å². The van der Waals surface area contributed by atoms with Gasteiger partial charge in [-0.2, -0.15) is 5.10 Å². The number of carbonyl (C=O) groups is 2. The summed E-state index contributed by atoms with van der Waals surface area (Å²) in [5.74, 6) is -0.552. The van der Waals surface area contributed by atoms with E-state index in [9.17, 15) is 14.4 Å². The predicted molar refractivity (Wildman–Crippen MR) is 120 cm³/mol. The van der Waals surface area contributed by atoms with Crippen molar-refractivity contribution in [2.24, 2.45) is 0 Å². The zero-order valence-electron chi connectivity index (χ0n) is 16.9. The van der Waals surface area contributed by atoms with Crippen LogP contribution in [0.1, 0.15) is 29.4 Å². The van der Waals surface area contributed by atoms with Gasteiger partial charge in [0.1, 0.15) is 5.69 Å². The Balaban J connectivity index is 1.48. The molecule has 31 heavy (non-hydrogen) atoms. The summed E-state index contributed by atoms with van der Waals surface area (Å²) in [6.07, 6.45) is 0.797. The highest BCUT2D eigenvalue weighted by atomic mass is 35.5. The number of nitrogens with zero attached hydrogens (tertiary/aromatic N) is 3. The molecular formula is C23H21ClN4O3. The number of rotatable bonds is 5. The minimum Gasteiger partial charge on any atom is -0.326 e. The molecule has 1 N–H and O–H groups in total. The van der Waals surface area contributed by atoms with E-state index in [-0.39, 0.29) is 42.1 Å². The van der Waals surface area contributed by atoms with Gasteiger partial charge in [0.15, 0.2) is 0 Å². The molecule has 8 heteroatoms. The fourth-order valence-electron chi connectivity index (χ4n) is 3.72. The van der Waals surface area contributed by atoms with E-state index in [4.69, 9.17) is 11.6 Å². The number of carbonyl (C=O) groups excluding carboxylic acids is 2. The highest BCUT2D eigenvalue weighted by molar-refractivity contribution is 6.30. The first-order valence-corrected chi connectivity index (χ1v) is 10.4. The van der Waals surface area contributed by atoms with E-state index in [2.05, 4.69) is 10.4 Å². The minimum atomic E-state index is -0.373. The number of aromatic nitrogens is 2. The van der Waals surface area contributed by atoms with Crippen molar-refractivity contribution in [2.45, 2.75) is 32.4 Å². The Hall–Kier alpha value is -3.45. The second-order valence-electron chi connectivity index (χ2n) is 7.45. The molecule has 0 bridgehead atoms. The lowest BCUT2D eigenvalue weighted by Crippen LogP contribution is -2.37. The Labute approximate surface area is 184 Å². The maximum absolute atomic E-state index is 13.2. The monoisotopic (exact) mass is 436 g/mol. The summed E-state index contributed by atoms with van der Waals surface area (Å²) in [6, 6.07) is 17.3. The maximum atomic E-state index is 13.2. The summed E-state index contributed by atoms with van der Waals surface area (Å²) in [5.41, 5.74) is 2.33. The normalized spacial score (nSPS) is 14.9. The number of nitrogens with one attached hydrogen (secondary N) is 1. The second kappa shape index (κ2) is 8.73. The van der Waals surface area contributed by atoms with Crippen LogP contribution in [-0.2, 0) is 17.8 Å². The lowest BCUT2D eigenvalue weighted by Gasteiger charge is -2.22. The fourth-order valence-corrected chi connectivity index (χ4v) is 3.91. The van der Waals surface area contributed by atoms with Crippen LogP contribution in [0.25, 0.3) is 0 Å². The number of fused-ring (bicyclic) bond motifs is 1. The first kappa shape index (κ1) is 20.8. The molecule has 7 nitrogen and oxygen atoms in total. The van der Waals surface area contributed by atoms with Crippen molar-refractivity contribution >= 4 is 34.8 Å². The van der Waals surface area contributed by atoms with Crippen LogP contribution in [0.15, 0.2) is 65.5 Å². The summed E-state index contributed by atoms with van der Waals surface area (Å²) in [5, 5.41) is 7.47. The molecule has 0 aliphatic carbocycles. The third-order valence-corrected chi connectivity index (χ3v) is 5.41. The standard InChI is InChI=1S/C23H21ClN4O3/c1-15-13-16-5-2-3-8-20(16)28(15)23(31)19-9-10-22(30)27(26-19)12-11-21(29)25-18-7-4-6-17(24)14-18/h2-10,14-15H,11-13H2,1H3,(H,25,29). The van der Waals surface area contributed by atoms with Crippen LogP contribution in [0.5, 0.6) is 0 Å². The van der Waals surface area contributed by atoms with Gasteiger partial charge in [0.05, 0.1) is 6.54 Å². The molecule has 1 aliphatic rings. The van der Waals surface area contributed by atoms with Crippen LogP contribution in [-0.4, -0.2) is 27.6 Å². The molecule has 2 amide bonds. The molecule has 0 spiro atoms. The largest absolute Gasteiger partial charge is 0.326 e. The van der Waals surface area contributed by atoms with Gasteiger partial charge >= 0.3 is 0 Å². The molecule has 0 saturated heterocycles. The van der Waals surface area contributed by atoms with Crippen molar-refractivity contribution in [3.05, 3.63) is 87.3 Å². The molecular weight excluding hydrogens is 416 g/mol. The molecule has 4 rings (SSSR count). The Morgan fingerprint density at radius 1 is 1.13 bits per heavy atom. The van der Waals surface area contributed by atoms with E-state index in [0.29, 0.717) is 10.7 Å². The number of halogens is 1. The van der Waals surface area contributed by atoms with Crippen molar-refractivity contribution in [1.82, 2.24) is 9.78 Å². The van der Waals surface area contributed by atoms with Crippen molar-refractivity contribution in [1.29, 1.82) is 0 Å². The summed E-state index contributed by atoms with van der Waals surface area (Å²) >= 11 is 5.92. The van der Waals surface area contributed by atoms with E-state index >= 15 is 0 Å². The van der Waals surface area contributed by atoms with E-state index in [1.807, 2.05) is 31.2 Å². The van der Waals surface area contributed by atoms with Crippen molar-refractivity contribution < 1.29 is 9.59 Å². The number of anilines is 2. The number of hydrogen-bond acceptors (Lipinski definition) is 4. The number of para-hydroxylation sites is 1. The quantitative estimate of drug-likeness (QED) is 0.663. The zero-order valence-corrected chi connectivity index (χ0v) is 17.7. The average Bonchev–Trinajstić information content (AvgIpc) is 3.08. The molecule has 1 aromatic heterocycles. The Morgan fingerprint density at radius 2 is 1.94 bits per heavy atom. The topological polar surface area (TPSA) is 84.3 Å². The minimum absolute atomic E-state index is 0.00412. The van der Waals surface area contributed by atoms with E-state index < -0.39 is 0 Å². The zero-order chi connectivity index (χ0) is 22.0. The number of hydrogen-bond donors (Lipinski definition) is 1. The van der Waals surface area contributed by atoms with Gasteiger partial charge in [0.25, 0.3) is 11.5 Å². The first-order chi connectivity index (χ1) is 14.9. The molecule has 3 aromatic rings. The van der Waals surface area contributed by atoms with Crippen molar-refractivity contribution in [2.75, 3.05) is 10.2 Å². The summed E-state index contributed by atoms with van der Waals surface area (Å²) in [7, 11) is 0. The summed E-state index contributed by atoms with van der Waals surface area (Å²) in [4.78, 5) is 39.3. The Morgan fingerprint density at radius 3 is 2.74 bits per heavy atom. The number of benzene rings is 2. The average molecular weight is 437 g/mol. The third kappa shape index (κ3) is 4.51. The van der Waals surface area contributed by atoms with E-state index in [1.165, 1.54) is 12.1 Å². The molecule has 0 radical (unpaired) electrons. The molecule has 158 valence electrons. The molecule has 1 aliphatic heterocycles. The van der Waals surface area contributed by atoms with Gasteiger partial charge < -0.3 is 10.2 Å². The van der Waals surface area contributed by atoms with Crippen molar-refractivity contribution in [3.63, 3.8) is 0 Å². The number of amides is 2. The van der Waals surface area contributed by atoms with Crippen LogP contribution in [0.4, 0.5) is 11.4 Å². The Bertz CT molecular complexity index is 1210. The first-order valence-electron chi connectivity index (χ1n) is 9.97. The maximum Gasteiger partial charge on any atom is 0.278 e. The van der Waals surface area contributed by atoms with Crippen molar-refractivity contribution in [3.8, 4) is 0 Å². The van der Waals surface area contributed by atoms with Gasteiger partial charge in [-0.25, -0.2) is 4.68 Å². The lowest BCUT2D eigenvalue weighted by atomic mass is 10.1. The van der Waals surface area contributed by atoms with Crippen LogP contribution >= 0.6 is 11.6 Å². The highest BCUT2D eigenvalue weighted by Crippen LogP contribution is 2.32. The number of aryl methyl sites for hydroxylation is 1. The lowest BCUT2D eigenvalue weighted by molar-refractivity contribution is -0.116. The van der Waals surface area contributed by atoms with Crippen LogP contribution in [0.3, 0.4) is 0 Å². The van der Waals surface area contributed by atoms with Gasteiger partial charge in [-0.3, -0.25) is 14.4 Å². The Kier molecular flexibility index (Phi) is 5.86.